The highest BCUT2D eigenvalue weighted by Gasteiger charge is 2.28. The van der Waals surface area contributed by atoms with Crippen LogP contribution in [0.4, 0.5) is 0 Å². The number of nitrogens with zero attached hydrogens (tertiary/aromatic N) is 1. The fourth-order valence-corrected chi connectivity index (χ4v) is 1.74. The molecule has 0 rings (SSSR count). The van der Waals surface area contributed by atoms with Gasteiger partial charge in [0.1, 0.15) is 0 Å². The Morgan fingerprint density at radius 2 is 2.00 bits per heavy atom. The summed E-state index contributed by atoms with van der Waals surface area (Å²) in [5, 5.41) is 8.66. The second-order valence-corrected chi connectivity index (χ2v) is 4.85. The van der Waals surface area contributed by atoms with Gasteiger partial charge in [-0.2, -0.15) is 12.6 Å². The first-order chi connectivity index (χ1) is 4.76. The van der Waals surface area contributed by atoms with E-state index in [4.69, 9.17) is 5.11 Å². The number of hydrogen-bond acceptors (Lipinski definition) is 5. The minimum atomic E-state index is -1.05. The van der Waals surface area contributed by atoms with Crippen LogP contribution in [0.15, 0.2) is 0 Å². The van der Waals surface area contributed by atoms with Crippen molar-refractivity contribution in [2.24, 2.45) is 0 Å². The van der Waals surface area contributed by atoms with Crippen molar-refractivity contribution in [3.63, 3.8) is 0 Å². The maximum atomic E-state index is 10.6. The maximum Gasteiger partial charge on any atom is 0.318 e. The molecule has 0 aromatic heterocycles. The molecule has 66 valence electrons. The molecule has 0 aliphatic rings. The number of thiol groups is 1. The van der Waals surface area contributed by atoms with E-state index >= 15 is 0 Å². The third-order valence-electron chi connectivity index (χ3n) is 1.11. The van der Waals surface area contributed by atoms with Gasteiger partial charge in [-0.15, -0.1) is 0 Å². The molecular weight excluding hydrogens is 202 g/mol. The molecule has 3 nitrogen and oxygen atoms in total. The van der Waals surface area contributed by atoms with Crippen LogP contribution in [0.1, 0.15) is 13.8 Å². The first-order valence-corrected chi connectivity index (χ1v) is 4.03. The van der Waals surface area contributed by atoms with Gasteiger partial charge < -0.3 is 34.4 Å². The summed E-state index contributed by atoms with van der Waals surface area (Å²) in [6.45, 7) is 3.31. The van der Waals surface area contributed by atoms with E-state index in [9.17, 15) is 4.79 Å². The number of aliphatic carboxylic acids is 1. The lowest BCUT2D eigenvalue weighted by Gasteiger charge is -2.48. The Balaban J connectivity index is 4.49. The summed E-state index contributed by atoms with van der Waals surface area (Å²) >= 11 is 13.2. The van der Waals surface area contributed by atoms with E-state index in [-0.39, 0.29) is 0 Å². The van der Waals surface area contributed by atoms with Gasteiger partial charge in [-0.25, -0.2) is 0 Å². The van der Waals surface area contributed by atoms with E-state index in [1.165, 1.54) is 0 Å². The molecule has 0 radical (unpaired) electrons. The quantitative estimate of drug-likeness (QED) is 0.521. The topological polar surface area (TPSA) is 40.5 Å². The van der Waals surface area contributed by atoms with E-state index in [0.717, 1.165) is 3.71 Å². The van der Waals surface area contributed by atoms with Crippen LogP contribution in [0.5, 0.6) is 0 Å². The Morgan fingerprint density at radius 1 is 1.64 bits per heavy atom. The number of hydrogen-bond donors (Lipinski definition) is 2. The van der Waals surface area contributed by atoms with E-state index < -0.39 is 16.8 Å². The van der Waals surface area contributed by atoms with Crippen LogP contribution >= 0.6 is 12.6 Å². The molecule has 1 atom stereocenters. The average Bonchev–Trinajstić information content (AvgIpc) is 1.54. The van der Waals surface area contributed by atoms with Gasteiger partial charge in [-0.3, -0.25) is 4.79 Å². The van der Waals surface area contributed by atoms with E-state index in [1.807, 2.05) is 0 Å². The summed E-state index contributed by atoms with van der Waals surface area (Å²) in [7, 11) is 0. The predicted molar refractivity (Wildman–Crippen MR) is 51.1 cm³/mol. The van der Waals surface area contributed by atoms with Crippen molar-refractivity contribution in [2.75, 3.05) is 0 Å². The molecule has 11 heavy (non-hydrogen) atoms. The molecular formula is C5H9NO2S3-2. The van der Waals surface area contributed by atoms with Crippen molar-refractivity contribution in [3.8, 4) is 0 Å². The van der Waals surface area contributed by atoms with Crippen LogP contribution in [-0.2, 0) is 30.4 Å². The SMILES string of the molecule is CC(C)(S)[C@@H](C(=O)O)N([S-])[S-]. The Kier molecular flexibility index (Phi) is 4.10. The lowest BCUT2D eigenvalue weighted by molar-refractivity contribution is -0.140. The van der Waals surface area contributed by atoms with Crippen molar-refractivity contribution < 1.29 is 9.90 Å². The smallest absolute Gasteiger partial charge is 0.318 e. The Hall–Kier alpha value is 0.480. The van der Waals surface area contributed by atoms with Crippen molar-refractivity contribution in [1.29, 1.82) is 0 Å². The molecule has 0 aromatic rings. The molecule has 0 spiro atoms. The van der Waals surface area contributed by atoms with Crippen molar-refractivity contribution in [3.05, 3.63) is 0 Å². The summed E-state index contributed by atoms with van der Waals surface area (Å²) in [6.07, 6.45) is 0. The zero-order valence-electron chi connectivity index (χ0n) is 6.14. The minimum absolute atomic E-state index is 0.727. The van der Waals surface area contributed by atoms with E-state index in [1.54, 1.807) is 13.8 Å². The van der Waals surface area contributed by atoms with Crippen LogP contribution in [0, 0.1) is 0 Å². The second kappa shape index (κ2) is 3.93. The van der Waals surface area contributed by atoms with Gasteiger partial charge >= 0.3 is 5.97 Å². The number of carboxylic acid groups (broad SMARTS) is 1. The second-order valence-electron chi connectivity index (χ2n) is 2.68. The minimum Gasteiger partial charge on any atom is -0.730 e. The largest absolute Gasteiger partial charge is 0.730 e. The standard InChI is InChI=1S/C5H9NO2S3/c1-5(2,9)3(4(7)8)6(10)11/h3,9H,1-2H3,(H,7,8)/q-2/t3-/m1/s1. The molecule has 6 heteroatoms. The highest BCUT2D eigenvalue weighted by Crippen LogP contribution is 2.21. The highest BCUT2D eigenvalue weighted by atomic mass is 32.2. The lowest BCUT2D eigenvalue weighted by atomic mass is 10.1. The molecule has 0 aromatic carbocycles. The summed E-state index contributed by atoms with van der Waals surface area (Å²) < 4.78 is 0.0880. The number of carboxylic acids is 1. The zero-order chi connectivity index (χ0) is 9.23. The fourth-order valence-electron chi connectivity index (χ4n) is 0.650. The molecule has 0 fully saturated rings. The van der Waals surface area contributed by atoms with Gasteiger partial charge in [-0.1, -0.05) is 0 Å². The monoisotopic (exact) mass is 211 g/mol. The van der Waals surface area contributed by atoms with Gasteiger partial charge in [0.25, 0.3) is 0 Å². The molecule has 0 aliphatic heterocycles. The van der Waals surface area contributed by atoms with Gasteiger partial charge in [0.15, 0.2) is 0 Å². The lowest BCUT2D eigenvalue weighted by Crippen LogP contribution is -2.46. The van der Waals surface area contributed by atoms with Crippen molar-refractivity contribution in [1.82, 2.24) is 3.71 Å². The van der Waals surface area contributed by atoms with Crippen LogP contribution in [0.2, 0.25) is 0 Å². The molecule has 0 amide bonds. The average molecular weight is 211 g/mol. The Labute approximate surface area is 82.7 Å². The number of carbonyl (C=O) groups is 1. The molecule has 0 heterocycles. The van der Waals surface area contributed by atoms with Gasteiger partial charge in [0, 0.05) is 4.75 Å². The maximum absolute atomic E-state index is 10.6. The number of rotatable bonds is 3. The van der Waals surface area contributed by atoms with Crippen LogP contribution in [0.25, 0.3) is 0 Å². The highest BCUT2D eigenvalue weighted by molar-refractivity contribution is 7.82. The van der Waals surface area contributed by atoms with Gasteiger partial charge in [0.05, 0.1) is 6.04 Å². The summed E-state index contributed by atoms with van der Waals surface area (Å²) in [5.74, 6) is -1.05. The first kappa shape index (κ1) is 11.5. The molecule has 0 aliphatic carbocycles. The molecule has 0 bridgehead atoms. The van der Waals surface area contributed by atoms with Crippen LogP contribution in [-0.4, -0.2) is 25.6 Å². The molecule has 0 saturated heterocycles. The third kappa shape index (κ3) is 3.59. The van der Waals surface area contributed by atoms with E-state index in [2.05, 4.69) is 38.3 Å². The fraction of sp³-hybridized carbons (Fsp3) is 0.800. The van der Waals surface area contributed by atoms with Crippen molar-refractivity contribution >= 4 is 44.2 Å². The van der Waals surface area contributed by atoms with Crippen LogP contribution in [0.3, 0.4) is 0 Å². The summed E-state index contributed by atoms with van der Waals surface area (Å²) in [6, 6.07) is -0.921. The molecule has 1 N–H and O–H groups in total. The molecule has 0 saturated carbocycles. The normalized spacial score (nSPS) is 15.1. The Bertz CT molecular complexity index is 154. The molecule has 0 unspecified atom stereocenters. The van der Waals surface area contributed by atoms with E-state index in [0.29, 0.717) is 0 Å². The van der Waals surface area contributed by atoms with Crippen LogP contribution < -0.4 is 0 Å². The summed E-state index contributed by atoms with van der Waals surface area (Å²) in [4.78, 5) is 10.6. The third-order valence-corrected chi connectivity index (χ3v) is 1.78. The van der Waals surface area contributed by atoms with Crippen molar-refractivity contribution in [2.45, 2.75) is 24.6 Å². The van der Waals surface area contributed by atoms with Gasteiger partial charge in [-0.05, 0) is 13.8 Å². The Morgan fingerprint density at radius 3 is 2.00 bits per heavy atom. The zero-order valence-corrected chi connectivity index (χ0v) is 8.67. The predicted octanol–water partition coefficient (Wildman–Crippen LogP) is 0.374. The van der Waals surface area contributed by atoms with Gasteiger partial charge in [0.2, 0.25) is 0 Å². The first-order valence-electron chi connectivity index (χ1n) is 2.85. The summed E-state index contributed by atoms with van der Waals surface area (Å²) in [5.41, 5.74) is 0.